The van der Waals surface area contributed by atoms with E-state index in [1.165, 1.54) is 0 Å². The quantitative estimate of drug-likeness (QED) is 0.855. The van der Waals surface area contributed by atoms with Crippen molar-refractivity contribution in [3.05, 3.63) is 41.7 Å². The van der Waals surface area contributed by atoms with E-state index in [4.69, 9.17) is 0 Å². The molecule has 3 rings (SSSR count). The summed E-state index contributed by atoms with van der Waals surface area (Å²) in [5.74, 6) is 0.740. The van der Waals surface area contributed by atoms with E-state index in [0.717, 1.165) is 43.1 Å². The minimum atomic E-state index is -0.187. The van der Waals surface area contributed by atoms with Gasteiger partial charge in [-0.2, -0.15) is 0 Å². The zero-order chi connectivity index (χ0) is 14.7. The van der Waals surface area contributed by atoms with E-state index in [1.54, 1.807) is 18.5 Å². The second kappa shape index (κ2) is 6.22. The second-order valence-electron chi connectivity index (χ2n) is 5.36. The van der Waals surface area contributed by atoms with Crippen LogP contribution >= 0.6 is 0 Å². The minimum absolute atomic E-state index is 0.187. The average Bonchev–Trinajstić information content (AvgIpc) is 2.94. The van der Waals surface area contributed by atoms with Crippen LogP contribution in [0.25, 0.3) is 0 Å². The normalized spacial score (nSPS) is 14.3. The summed E-state index contributed by atoms with van der Waals surface area (Å²) >= 11 is 0. The Labute approximate surface area is 123 Å². The lowest BCUT2D eigenvalue weighted by Crippen LogP contribution is -2.33. The second-order valence-corrected chi connectivity index (χ2v) is 5.36. The number of aromatic nitrogens is 3. The molecule has 5 nitrogen and oxygen atoms in total. The Bertz CT molecular complexity index is 610. The van der Waals surface area contributed by atoms with Crippen LogP contribution in [-0.2, 0) is 19.6 Å². The van der Waals surface area contributed by atoms with Crippen LogP contribution in [0.4, 0.5) is 10.1 Å². The van der Waals surface area contributed by atoms with Gasteiger partial charge in [0, 0.05) is 25.3 Å². The maximum absolute atomic E-state index is 13.8. The van der Waals surface area contributed by atoms with Crippen LogP contribution in [0.15, 0.2) is 24.5 Å². The molecule has 0 saturated heterocycles. The fraction of sp³-hybridized carbons (Fsp3) is 0.467. The molecular weight excluding hydrogens is 269 g/mol. The summed E-state index contributed by atoms with van der Waals surface area (Å²) in [5.41, 5.74) is 1.89. The number of anilines is 1. The molecule has 1 aliphatic rings. The van der Waals surface area contributed by atoms with Crippen LogP contribution in [-0.4, -0.2) is 27.9 Å². The van der Waals surface area contributed by atoms with E-state index in [9.17, 15) is 4.39 Å². The Morgan fingerprint density at radius 2 is 2.19 bits per heavy atom. The first-order chi connectivity index (χ1) is 10.3. The van der Waals surface area contributed by atoms with Crippen molar-refractivity contribution in [3.8, 4) is 0 Å². The SMILES string of the molecule is CCCNCc1cc(F)cc(N2CCn3cnnc3C2)c1. The van der Waals surface area contributed by atoms with E-state index >= 15 is 0 Å². The van der Waals surface area contributed by atoms with Crippen molar-refractivity contribution in [3.63, 3.8) is 0 Å². The van der Waals surface area contributed by atoms with Gasteiger partial charge < -0.3 is 14.8 Å². The molecule has 0 bridgehead atoms. The zero-order valence-corrected chi connectivity index (χ0v) is 12.2. The molecule has 1 aliphatic heterocycles. The maximum Gasteiger partial charge on any atom is 0.152 e. The average molecular weight is 289 g/mol. The number of halogens is 1. The van der Waals surface area contributed by atoms with Crippen molar-refractivity contribution in [2.24, 2.45) is 0 Å². The largest absolute Gasteiger partial charge is 0.362 e. The molecule has 0 aliphatic carbocycles. The Balaban J connectivity index is 1.76. The van der Waals surface area contributed by atoms with E-state index in [0.29, 0.717) is 13.1 Å². The van der Waals surface area contributed by atoms with Crippen molar-refractivity contribution in [1.29, 1.82) is 0 Å². The van der Waals surface area contributed by atoms with Gasteiger partial charge in [0.1, 0.15) is 12.1 Å². The van der Waals surface area contributed by atoms with Crippen molar-refractivity contribution in [2.45, 2.75) is 33.0 Å². The zero-order valence-electron chi connectivity index (χ0n) is 12.2. The highest BCUT2D eigenvalue weighted by Crippen LogP contribution is 2.22. The lowest BCUT2D eigenvalue weighted by Gasteiger charge is -2.29. The fourth-order valence-electron chi connectivity index (χ4n) is 2.61. The molecule has 0 atom stereocenters. The first kappa shape index (κ1) is 14.0. The lowest BCUT2D eigenvalue weighted by atomic mass is 10.1. The topological polar surface area (TPSA) is 46.0 Å². The summed E-state index contributed by atoms with van der Waals surface area (Å²) in [6, 6.07) is 5.24. The van der Waals surface area contributed by atoms with Gasteiger partial charge >= 0.3 is 0 Å². The molecule has 0 unspecified atom stereocenters. The summed E-state index contributed by atoms with van der Waals surface area (Å²) in [6.07, 6.45) is 2.82. The van der Waals surface area contributed by atoms with Gasteiger partial charge in [0.25, 0.3) is 0 Å². The van der Waals surface area contributed by atoms with Crippen LogP contribution in [0.1, 0.15) is 24.7 Å². The predicted octanol–water partition coefficient (Wildman–Crippen LogP) is 1.94. The molecule has 2 heterocycles. The third-order valence-corrected chi connectivity index (χ3v) is 3.70. The number of hydrogen-bond acceptors (Lipinski definition) is 4. The Morgan fingerprint density at radius 1 is 1.29 bits per heavy atom. The highest BCUT2D eigenvalue weighted by molar-refractivity contribution is 5.49. The molecule has 0 amide bonds. The maximum atomic E-state index is 13.8. The third-order valence-electron chi connectivity index (χ3n) is 3.70. The predicted molar refractivity (Wildman–Crippen MR) is 79.5 cm³/mol. The summed E-state index contributed by atoms with van der Waals surface area (Å²) in [4.78, 5) is 2.15. The van der Waals surface area contributed by atoms with Gasteiger partial charge in [-0.3, -0.25) is 0 Å². The molecule has 0 saturated carbocycles. The van der Waals surface area contributed by atoms with Crippen molar-refractivity contribution < 1.29 is 4.39 Å². The smallest absolute Gasteiger partial charge is 0.152 e. The van der Waals surface area contributed by atoms with Gasteiger partial charge in [0.15, 0.2) is 5.82 Å². The monoisotopic (exact) mass is 289 g/mol. The number of benzene rings is 1. The standard InChI is InChI=1S/C15H20FN5/c1-2-3-17-9-12-6-13(16)8-14(7-12)20-4-5-21-11-18-19-15(21)10-20/h6-8,11,17H,2-5,9-10H2,1H3. The molecule has 1 aromatic heterocycles. The van der Waals surface area contributed by atoms with Crippen LogP contribution in [0.3, 0.4) is 0 Å². The minimum Gasteiger partial charge on any atom is -0.362 e. The van der Waals surface area contributed by atoms with E-state index in [1.807, 2.05) is 4.57 Å². The van der Waals surface area contributed by atoms with Gasteiger partial charge in [0.05, 0.1) is 6.54 Å². The number of rotatable bonds is 5. The Morgan fingerprint density at radius 3 is 3.05 bits per heavy atom. The van der Waals surface area contributed by atoms with Crippen molar-refractivity contribution in [2.75, 3.05) is 18.0 Å². The Kier molecular flexibility index (Phi) is 4.15. The molecule has 0 fully saturated rings. The van der Waals surface area contributed by atoms with Gasteiger partial charge in [0.2, 0.25) is 0 Å². The van der Waals surface area contributed by atoms with Gasteiger partial charge in [-0.15, -0.1) is 10.2 Å². The molecule has 0 radical (unpaired) electrons. The molecule has 2 aromatic rings. The number of nitrogens with zero attached hydrogens (tertiary/aromatic N) is 4. The summed E-state index contributed by atoms with van der Waals surface area (Å²) in [7, 11) is 0. The Hall–Kier alpha value is -1.95. The van der Waals surface area contributed by atoms with E-state index in [-0.39, 0.29) is 5.82 Å². The van der Waals surface area contributed by atoms with Crippen LogP contribution in [0.5, 0.6) is 0 Å². The van der Waals surface area contributed by atoms with Gasteiger partial charge in [-0.05, 0) is 36.7 Å². The molecular formula is C15H20FN5. The molecule has 0 spiro atoms. The lowest BCUT2D eigenvalue weighted by molar-refractivity contribution is 0.556. The van der Waals surface area contributed by atoms with E-state index in [2.05, 4.69) is 33.4 Å². The number of fused-ring (bicyclic) bond motifs is 1. The summed E-state index contributed by atoms with van der Waals surface area (Å²) < 4.78 is 15.9. The van der Waals surface area contributed by atoms with Crippen LogP contribution in [0, 0.1) is 5.82 Å². The molecule has 21 heavy (non-hydrogen) atoms. The van der Waals surface area contributed by atoms with Crippen LogP contribution in [0.2, 0.25) is 0 Å². The van der Waals surface area contributed by atoms with Crippen LogP contribution < -0.4 is 10.2 Å². The van der Waals surface area contributed by atoms with Gasteiger partial charge in [-0.25, -0.2) is 4.39 Å². The highest BCUT2D eigenvalue weighted by Gasteiger charge is 2.18. The van der Waals surface area contributed by atoms with Crippen molar-refractivity contribution >= 4 is 5.69 Å². The highest BCUT2D eigenvalue weighted by atomic mass is 19.1. The molecule has 112 valence electrons. The van der Waals surface area contributed by atoms with Gasteiger partial charge in [-0.1, -0.05) is 6.92 Å². The van der Waals surface area contributed by atoms with Crippen molar-refractivity contribution in [1.82, 2.24) is 20.1 Å². The first-order valence-electron chi connectivity index (χ1n) is 7.38. The summed E-state index contributed by atoms with van der Waals surface area (Å²) in [6.45, 7) is 6.11. The third kappa shape index (κ3) is 3.21. The molecule has 6 heteroatoms. The number of hydrogen-bond donors (Lipinski definition) is 1. The first-order valence-corrected chi connectivity index (χ1v) is 7.38. The fourth-order valence-corrected chi connectivity index (χ4v) is 2.61. The molecule has 1 N–H and O–H groups in total. The summed E-state index contributed by atoms with van der Waals surface area (Å²) in [5, 5.41) is 11.3. The molecule has 1 aromatic carbocycles. The number of nitrogens with one attached hydrogen (secondary N) is 1. The van der Waals surface area contributed by atoms with E-state index < -0.39 is 0 Å².